The molecule has 0 unspecified atom stereocenters. The molecule has 7 heteroatoms. The van der Waals surface area contributed by atoms with Gasteiger partial charge in [0.05, 0.1) is 5.56 Å². The van der Waals surface area contributed by atoms with Crippen molar-refractivity contribution in [2.75, 3.05) is 11.9 Å². The average molecular weight is 368 g/mol. The lowest BCUT2D eigenvalue weighted by molar-refractivity contribution is -0.305. The molecular weight excluding hydrogens is 350 g/mol. The predicted octanol–water partition coefficient (Wildman–Crippen LogP) is 1.58. The Bertz CT molecular complexity index is 814. The minimum atomic E-state index is -1.20. The number of benzene rings is 2. The summed E-state index contributed by atoms with van der Waals surface area (Å²) < 4.78 is 5.00. The minimum absolute atomic E-state index is 0.0549. The van der Waals surface area contributed by atoms with E-state index in [0.717, 1.165) is 0 Å². The van der Waals surface area contributed by atoms with Crippen LogP contribution >= 0.6 is 0 Å². The van der Waals surface area contributed by atoms with Crippen molar-refractivity contribution < 1.29 is 29.0 Å². The summed E-state index contributed by atoms with van der Waals surface area (Å²) >= 11 is 0. The quantitative estimate of drug-likeness (QED) is 0.531. The molecule has 0 bridgehead atoms. The van der Waals surface area contributed by atoms with Crippen LogP contribution in [-0.4, -0.2) is 30.2 Å². The molecule has 0 fully saturated rings. The third-order valence-corrected chi connectivity index (χ3v) is 3.62. The van der Waals surface area contributed by atoms with Gasteiger partial charge < -0.3 is 20.0 Å². The molecule has 0 radical (unpaired) electrons. The molecule has 0 aromatic heterocycles. The number of carboxylic acids is 1. The Morgan fingerprint density at radius 3 is 2.15 bits per heavy atom. The lowest BCUT2D eigenvalue weighted by atomic mass is 10.1. The van der Waals surface area contributed by atoms with E-state index in [9.17, 15) is 24.3 Å². The molecule has 27 heavy (non-hydrogen) atoms. The van der Waals surface area contributed by atoms with Gasteiger partial charge in [0.2, 0.25) is 5.91 Å². The Morgan fingerprint density at radius 1 is 0.852 bits per heavy atom. The van der Waals surface area contributed by atoms with Crippen molar-refractivity contribution in [3.63, 3.8) is 0 Å². The van der Waals surface area contributed by atoms with Gasteiger partial charge in [0.15, 0.2) is 12.4 Å². The first kappa shape index (κ1) is 19.8. The molecule has 2 rings (SSSR count). The molecule has 0 atom stereocenters. The fourth-order valence-corrected chi connectivity index (χ4v) is 2.23. The molecule has 140 valence electrons. The Hall–Kier alpha value is -3.48. The monoisotopic (exact) mass is 368 g/mol. The van der Waals surface area contributed by atoms with Gasteiger partial charge in [-0.05, 0) is 37.1 Å². The van der Waals surface area contributed by atoms with Crippen LogP contribution in [0.15, 0.2) is 54.6 Å². The number of ether oxygens (including phenoxy) is 1. The first-order valence-electron chi connectivity index (χ1n) is 8.31. The van der Waals surface area contributed by atoms with Gasteiger partial charge in [-0.25, -0.2) is 4.79 Å². The van der Waals surface area contributed by atoms with Crippen LogP contribution in [0, 0.1) is 0 Å². The molecular formula is C20H18NO6-. The van der Waals surface area contributed by atoms with Gasteiger partial charge in [0, 0.05) is 23.6 Å². The number of amides is 1. The summed E-state index contributed by atoms with van der Waals surface area (Å²) in [5, 5.41) is 12.9. The SMILES string of the molecule is O=C([O-])CCCC(=O)Nc1ccc(C(=O)OCC(=O)c2ccccc2)cc1. The van der Waals surface area contributed by atoms with Crippen LogP contribution in [0.2, 0.25) is 0 Å². The van der Waals surface area contributed by atoms with Gasteiger partial charge in [-0.2, -0.15) is 0 Å². The third kappa shape index (κ3) is 6.74. The van der Waals surface area contributed by atoms with Crippen molar-refractivity contribution in [1.82, 2.24) is 0 Å². The van der Waals surface area contributed by atoms with E-state index in [2.05, 4.69) is 5.32 Å². The second kappa shape index (κ2) is 9.86. The van der Waals surface area contributed by atoms with Gasteiger partial charge in [-0.1, -0.05) is 30.3 Å². The number of esters is 1. The Kier molecular flexibility index (Phi) is 7.25. The van der Waals surface area contributed by atoms with Crippen molar-refractivity contribution in [2.45, 2.75) is 19.3 Å². The lowest BCUT2D eigenvalue weighted by Gasteiger charge is -2.07. The normalized spacial score (nSPS) is 10.1. The molecule has 0 aliphatic rings. The summed E-state index contributed by atoms with van der Waals surface area (Å²) in [6.07, 6.45) is 0.0628. The van der Waals surface area contributed by atoms with E-state index in [1.807, 2.05) is 0 Å². The maximum absolute atomic E-state index is 12.0. The average Bonchev–Trinajstić information content (AvgIpc) is 2.66. The molecule has 2 aromatic carbocycles. The molecule has 0 aliphatic heterocycles. The van der Waals surface area contributed by atoms with E-state index in [1.165, 1.54) is 24.3 Å². The van der Waals surface area contributed by atoms with E-state index in [4.69, 9.17) is 4.74 Å². The van der Waals surface area contributed by atoms with Crippen molar-refractivity contribution in [3.8, 4) is 0 Å². The number of aliphatic carboxylic acids is 1. The van der Waals surface area contributed by atoms with Gasteiger partial charge >= 0.3 is 5.97 Å². The Morgan fingerprint density at radius 2 is 1.52 bits per heavy atom. The summed E-state index contributed by atoms with van der Waals surface area (Å²) in [5.41, 5.74) is 1.17. The second-order valence-corrected chi connectivity index (χ2v) is 5.72. The zero-order valence-electron chi connectivity index (χ0n) is 14.5. The fraction of sp³-hybridized carbons (Fsp3) is 0.200. The standard InChI is InChI=1S/C20H19NO6/c22-17(14-5-2-1-3-6-14)13-27-20(26)15-9-11-16(12-10-15)21-18(23)7-4-8-19(24)25/h1-3,5-6,9-12H,4,7-8,13H2,(H,21,23)(H,24,25)/p-1. The molecule has 0 saturated carbocycles. The molecule has 2 aromatic rings. The lowest BCUT2D eigenvalue weighted by Crippen LogP contribution is -2.22. The van der Waals surface area contributed by atoms with Crippen LogP contribution in [0.25, 0.3) is 0 Å². The number of carboxylic acid groups (broad SMARTS) is 1. The molecule has 0 spiro atoms. The zero-order valence-corrected chi connectivity index (χ0v) is 14.5. The molecule has 0 saturated heterocycles. The smallest absolute Gasteiger partial charge is 0.338 e. The Balaban J connectivity index is 1.81. The number of nitrogens with one attached hydrogen (secondary N) is 1. The second-order valence-electron chi connectivity index (χ2n) is 5.72. The number of rotatable bonds is 9. The van der Waals surface area contributed by atoms with Crippen LogP contribution in [0.4, 0.5) is 5.69 Å². The van der Waals surface area contributed by atoms with Crippen LogP contribution in [0.5, 0.6) is 0 Å². The van der Waals surface area contributed by atoms with Crippen LogP contribution in [0.3, 0.4) is 0 Å². The van der Waals surface area contributed by atoms with Gasteiger partial charge in [-0.15, -0.1) is 0 Å². The predicted molar refractivity (Wildman–Crippen MR) is 95.0 cm³/mol. The number of hydrogen-bond donors (Lipinski definition) is 1. The Labute approximate surface area is 156 Å². The number of hydrogen-bond acceptors (Lipinski definition) is 6. The number of Topliss-reactive ketones (excluding diaryl/α,β-unsaturated/α-hetero) is 1. The molecule has 1 N–H and O–H groups in total. The summed E-state index contributed by atoms with van der Waals surface area (Å²) in [4.78, 5) is 45.9. The van der Waals surface area contributed by atoms with Crippen molar-refractivity contribution in [2.24, 2.45) is 0 Å². The highest BCUT2D eigenvalue weighted by atomic mass is 16.5. The van der Waals surface area contributed by atoms with Crippen LogP contribution < -0.4 is 10.4 Å². The summed E-state index contributed by atoms with van der Waals surface area (Å²) in [6.45, 7) is -0.361. The largest absolute Gasteiger partial charge is 0.550 e. The maximum atomic E-state index is 12.0. The first-order valence-corrected chi connectivity index (χ1v) is 8.31. The minimum Gasteiger partial charge on any atom is -0.550 e. The number of carbonyl (C=O) groups is 4. The van der Waals surface area contributed by atoms with Gasteiger partial charge in [0.1, 0.15) is 0 Å². The highest BCUT2D eigenvalue weighted by molar-refractivity contribution is 5.99. The first-order chi connectivity index (χ1) is 13.0. The maximum Gasteiger partial charge on any atom is 0.338 e. The number of anilines is 1. The highest BCUT2D eigenvalue weighted by Gasteiger charge is 2.12. The van der Waals surface area contributed by atoms with E-state index >= 15 is 0 Å². The van der Waals surface area contributed by atoms with Gasteiger partial charge in [0.25, 0.3) is 0 Å². The van der Waals surface area contributed by atoms with Crippen molar-refractivity contribution in [3.05, 3.63) is 65.7 Å². The number of ketones is 1. The van der Waals surface area contributed by atoms with E-state index in [-0.39, 0.29) is 43.1 Å². The topological polar surface area (TPSA) is 113 Å². The fourth-order valence-electron chi connectivity index (χ4n) is 2.23. The van der Waals surface area contributed by atoms with Crippen molar-refractivity contribution >= 4 is 29.3 Å². The summed E-state index contributed by atoms with van der Waals surface area (Å²) in [7, 11) is 0. The van der Waals surface area contributed by atoms with Crippen LogP contribution in [0.1, 0.15) is 40.0 Å². The third-order valence-electron chi connectivity index (χ3n) is 3.62. The number of carbonyl (C=O) groups excluding carboxylic acids is 4. The van der Waals surface area contributed by atoms with Crippen molar-refractivity contribution in [1.29, 1.82) is 0 Å². The molecule has 0 heterocycles. The van der Waals surface area contributed by atoms with E-state index in [0.29, 0.717) is 11.3 Å². The summed E-state index contributed by atoms with van der Waals surface area (Å²) in [5.74, 6) is -2.48. The molecule has 0 aliphatic carbocycles. The highest BCUT2D eigenvalue weighted by Crippen LogP contribution is 2.12. The van der Waals surface area contributed by atoms with Gasteiger partial charge in [-0.3, -0.25) is 9.59 Å². The van der Waals surface area contributed by atoms with E-state index in [1.54, 1.807) is 30.3 Å². The molecule has 1 amide bonds. The summed E-state index contributed by atoms with van der Waals surface area (Å²) in [6, 6.07) is 14.5. The zero-order chi connectivity index (χ0) is 19.6. The van der Waals surface area contributed by atoms with E-state index < -0.39 is 11.9 Å². The molecule has 7 nitrogen and oxygen atoms in total. The van der Waals surface area contributed by atoms with Crippen LogP contribution in [-0.2, 0) is 14.3 Å².